The van der Waals surface area contributed by atoms with E-state index < -0.39 is 30.6 Å². The monoisotopic (exact) mass is 492 g/mol. The molecule has 1 amide bonds. The molecule has 5 rings (SSSR count). The van der Waals surface area contributed by atoms with Crippen molar-refractivity contribution < 1.29 is 23.8 Å². The third-order valence-corrected chi connectivity index (χ3v) is 6.16. The number of anilines is 1. The van der Waals surface area contributed by atoms with Crippen LogP contribution in [0.5, 0.6) is 11.5 Å². The van der Waals surface area contributed by atoms with Crippen LogP contribution in [0.1, 0.15) is 4.88 Å². The number of rotatable bonds is 7. The molecular formula is C24H20N4O6S. The van der Waals surface area contributed by atoms with E-state index in [9.17, 15) is 14.4 Å². The second kappa shape index (κ2) is 9.94. The molecule has 11 heteroatoms. The largest absolute Gasteiger partial charge is 0.486 e. The van der Waals surface area contributed by atoms with Gasteiger partial charge in [-0.05, 0) is 35.7 Å². The Balaban J connectivity index is 1.29. The highest BCUT2D eigenvalue weighted by Crippen LogP contribution is 2.34. The molecule has 0 saturated carbocycles. The minimum absolute atomic E-state index is 0.295. The Morgan fingerprint density at radius 3 is 2.71 bits per heavy atom. The average molecular weight is 493 g/mol. The van der Waals surface area contributed by atoms with Crippen molar-refractivity contribution in [1.29, 1.82) is 0 Å². The fourth-order valence-electron chi connectivity index (χ4n) is 3.60. The molecule has 10 nitrogen and oxygen atoms in total. The Bertz CT molecular complexity index is 1440. The molecule has 0 radical (unpaired) electrons. The van der Waals surface area contributed by atoms with Crippen molar-refractivity contribution in [3.63, 3.8) is 0 Å². The van der Waals surface area contributed by atoms with Gasteiger partial charge < -0.3 is 19.1 Å². The van der Waals surface area contributed by atoms with Gasteiger partial charge in [-0.3, -0.25) is 14.4 Å². The van der Waals surface area contributed by atoms with E-state index in [0.29, 0.717) is 47.8 Å². The molecule has 178 valence electrons. The number of nitrogens with zero attached hydrogens (tertiary/aromatic N) is 4. The molecule has 0 saturated heterocycles. The van der Waals surface area contributed by atoms with E-state index in [-0.39, 0.29) is 0 Å². The van der Waals surface area contributed by atoms with Crippen LogP contribution in [0.4, 0.5) is 5.69 Å². The van der Waals surface area contributed by atoms with Gasteiger partial charge in [0.05, 0.1) is 11.9 Å². The first-order valence-electron chi connectivity index (χ1n) is 10.8. The highest BCUT2D eigenvalue weighted by molar-refractivity contribution is 7.09. The van der Waals surface area contributed by atoms with E-state index in [1.165, 1.54) is 16.2 Å². The number of benzene rings is 2. The zero-order valence-corrected chi connectivity index (χ0v) is 19.3. The molecule has 35 heavy (non-hydrogen) atoms. The van der Waals surface area contributed by atoms with Crippen LogP contribution in [0.2, 0.25) is 0 Å². The van der Waals surface area contributed by atoms with Gasteiger partial charge >= 0.3 is 5.97 Å². The summed E-state index contributed by atoms with van der Waals surface area (Å²) in [6, 6.07) is 15.7. The fraction of sp³-hybridized carbons (Fsp3) is 0.208. The van der Waals surface area contributed by atoms with Crippen LogP contribution in [0, 0.1) is 0 Å². The molecule has 0 aliphatic carbocycles. The number of hydrogen-bond acceptors (Lipinski definition) is 9. The number of thiophene rings is 1. The van der Waals surface area contributed by atoms with Crippen LogP contribution >= 0.6 is 11.3 Å². The smallest absolute Gasteiger partial charge is 0.328 e. The summed E-state index contributed by atoms with van der Waals surface area (Å²) < 4.78 is 17.3. The quantitative estimate of drug-likeness (QED) is 0.362. The predicted octanol–water partition coefficient (Wildman–Crippen LogP) is 2.40. The van der Waals surface area contributed by atoms with Crippen molar-refractivity contribution in [2.75, 3.05) is 24.7 Å². The normalized spacial score (nSPS) is 12.3. The molecule has 0 N–H and O–H groups in total. The van der Waals surface area contributed by atoms with Gasteiger partial charge in [0.2, 0.25) is 0 Å². The number of esters is 1. The molecule has 1 aliphatic rings. The zero-order chi connectivity index (χ0) is 24.2. The summed E-state index contributed by atoms with van der Waals surface area (Å²) in [4.78, 5) is 40.6. The number of amides is 1. The topological polar surface area (TPSA) is 113 Å². The second-order valence-electron chi connectivity index (χ2n) is 7.62. The van der Waals surface area contributed by atoms with E-state index in [4.69, 9.17) is 14.2 Å². The van der Waals surface area contributed by atoms with Crippen molar-refractivity contribution in [1.82, 2.24) is 15.0 Å². The van der Waals surface area contributed by atoms with Gasteiger partial charge in [-0.15, -0.1) is 16.4 Å². The van der Waals surface area contributed by atoms with Crippen molar-refractivity contribution >= 4 is 39.8 Å². The van der Waals surface area contributed by atoms with Crippen LogP contribution in [-0.2, 0) is 27.4 Å². The van der Waals surface area contributed by atoms with E-state index in [1.807, 2.05) is 17.5 Å². The molecule has 2 aromatic carbocycles. The number of fused-ring (bicyclic) bond motifs is 2. The summed E-state index contributed by atoms with van der Waals surface area (Å²) in [6.45, 7) is 0.214. The standard InChI is InChI=1S/C24H20N4O6S/c29-22(15-34-23(30)14-28-24(31)18-5-1-2-6-19(18)25-26-28)27(13-17-4-3-11-35-17)16-7-8-20-21(12-16)33-10-9-32-20/h1-8,11-12H,9-10,13-15H2. The maximum atomic E-state index is 13.1. The minimum Gasteiger partial charge on any atom is -0.486 e. The summed E-state index contributed by atoms with van der Waals surface area (Å²) >= 11 is 1.51. The molecule has 0 unspecified atom stereocenters. The van der Waals surface area contributed by atoms with E-state index >= 15 is 0 Å². The van der Waals surface area contributed by atoms with Crippen molar-refractivity contribution in [2.45, 2.75) is 13.1 Å². The third kappa shape index (κ3) is 4.99. The fourth-order valence-corrected chi connectivity index (χ4v) is 4.29. The molecule has 0 spiro atoms. The summed E-state index contributed by atoms with van der Waals surface area (Å²) in [6.07, 6.45) is 0. The summed E-state index contributed by atoms with van der Waals surface area (Å²) in [5, 5.41) is 9.99. The number of aromatic nitrogens is 3. The number of carbonyl (C=O) groups is 2. The van der Waals surface area contributed by atoms with Crippen LogP contribution in [0.25, 0.3) is 10.9 Å². The number of hydrogen-bond donors (Lipinski definition) is 0. The number of ether oxygens (including phenoxy) is 3. The van der Waals surface area contributed by atoms with Gasteiger partial charge in [-0.25, -0.2) is 0 Å². The first-order chi connectivity index (χ1) is 17.1. The highest BCUT2D eigenvalue weighted by Gasteiger charge is 2.22. The Hall–Kier alpha value is -4.25. The highest BCUT2D eigenvalue weighted by atomic mass is 32.1. The summed E-state index contributed by atoms with van der Waals surface area (Å²) in [5.41, 5.74) is 0.552. The maximum Gasteiger partial charge on any atom is 0.328 e. The van der Waals surface area contributed by atoms with Gasteiger partial charge in [-0.1, -0.05) is 23.4 Å². The van der Waals surface area contributed by atoms with Crippen LogP contribution in [0.15, 0.2) is 64.8 Å². The first-order valence-corrected chi connectivity index (χ1v) is 11.7. The predicted molar refractivity (Wildman–Crippen MR) is 128 cm³/mol. The third-order valence-electron chi connectivity index (χ3n) is 5.30. The lowest BCUT2D eigenvalue weighted by Gasteiger charge is -2.25. The Morgan fingerprint density at radius 2 is 1.89 bits per heavy atom. The lowest BCUT2D eigenvalue weighted by Crippen LogP contribution is -2.35. The van der Waals surface area contributed by atoms with Crippen LogP contribution in [0.3, 0.4) is 0 Å². The van der Waals surface area contributed by atoms with E-state index in [0.717, 1.165) is 9.56 Å². The van der Waals surface area contributed by atoms with Gasteiger partial charge in [-0.2, -0.15) is 4.68 Å². The molecular weight excluding hydrogens is 472 g/mol. The van der Waals surface area contributed by atoms with Crippen molar-refractivity contribution in [2.24, 2.45) is 0 Å². The molecule has 1 aliphatic heterocycles. The van der Waals surface area contributed by atoms with E-state index in [2.05, 4.69) is 10.3 Å². The van der Waals surface area contributed by atoms with Gasteiger partial charge in [0.25, 0.3) is 11.5 Å². The minimum atomic E-state index is -0.775. The molecule has 0 atom stereocenters. The lowest BCUT2D eigenvalue weighted by atomic mass is 10.2. The van der Waals surface area contributed by atoms with Gasteiger partial charge in [0, 0.05) is 16.6 Å². The molecule has 2 aromatic heterocycles. The molecule has 4 aromatic rings. The lowest BCUT2D eigenvalue weighted by molar-refractivity contribution is -0.148. The first kappa shape index (κ1) is 22.5. The molecule has 0 bridgehead atoms. The maximum absolute atomic E-state index is 13.1. The average Bonchev–Trinajstić information content (AvgIpc) is 3.41. The van der Waals surface area contributed by atoms with Gasteiger partial charge in [0.1, 0.15) is 25.3 Å². The van der Waals surface area contributed by atoms with Crippen molar-refractivity contribution in [3.8, 4) is 11.5 Å². The van der Waals surface area contributed by atoms with Crippen LogP contribution < -0.4 is 19.9 Å². The Kier molecular flexibility index (Phi) is 6.40. The Morgan fingerprint density at radius 1 is 1.06 bits per heavy atom. The van der Waals surface area contributed by atoms with Crippen LogP contribution in [-0.4, -0.2) is 46.7 Å². The second-order valence-corrected chi connectivity index (χ2v) is 8.65. The van der Waals surface area contributed by atoms with Crippen molar-refractivity contribution in [3.05, 3.63) is 75.2 Å². The summed E-state index contributed by atoms with van der Waals surface area (Å²) in [5.74, 6) is -0.0514. The summed E-state index contributed by atoms with van der Waals surface area (Å²) in [7, 11) is 0. The molecule has 0 fully saturated rings. The van der Waals surface area contributed by atoms with Gasteiger partial charge in [0.15, 0.2) is 18.1 Å². The zero-order valence-electron chi connectivity index (χ0n) is 18.5. The number of carbonyl (C=O) groups excluding carboxylic acids is 2. The molecule has 3 heterocycles. The SMILES string of the molecule is O=C(Cn1nnc2ccccc2c1=O)OCC(=O)N(Cc1cccs1)c1ccc2c(c1)OCCO2. The Labute approximate surface area is 203 Å². The van der Waals surface area contributed by atoms with E-state index in [1.54, 1.807) is 42.5 Å².